The van der Waals surface area contributed by atoms with E-state index in [2.05, 4.69) is 30.8 Å². The molecule has 23 heteroatoms. The quantitative estimate of drug-likeness (QED) is 0.0260. The number of aliphatic imine (C=N–C) groups is 1. The number of azo groups is 2. The van der Waals surface area contributed by atoms with Crippen LogP contribution in [0, 0.1) is 0 Å². The van der Waals surface area contributed by atoms with E-state index in [0.29, 0.717) is 38.7 Å². The van der Waals surface area contributed by atoms with Gasteiger partial charge < -0.3 is 30.1 Å². The third kappa shape index (κ3) is 12.9. The van der Waals surface area contributed by atoms with Gasteiger partial charge in [-0.25, -0.2) is 0 Å². The van der Waals surface area contributed by atoms with E-state index in [1.165, 1.54) is 44.6 Å². The predicted molar refractivity (Wildman–Crippen MR) is 285 cm³/mol. The number of fused-ring (bicyclic) bond motifs is 2. The van der Waals surface area contributed by atoms with Gasteiger partial charge in [-0.05, 0) is 107 Å². The molecule has 8 aromatic rings. The van der Waals surface area contributed by atoms with E-state index in [1.807, 2.05) is 0 Å². The summed E-state index contributed by atoms with van der Waals surface area (Å²) in [5.41, 5.74) is 0.907. The number of amides is 1. The molecule has 1 amide bonds. The number of anilines is 1. The number of ether oxygens (including phenoxy) is 2. The molecule has 8 rings (SSSR count). The van der Waals surface area contributed by atoms with Gasteiger partial charge in [0.25, 0.3) is 26.1 Å². The van der Waals surface area contributed by atoms with Gasteiger partial charge in [0.2, 0.25) is 0 Å². The number of nitrogens with one attached hydrogen (secondary N) is 1. The summed E-state index contributed by atoms with van der Waals surface area (Å²) in [6, 6.07) is 35.3. The van der Waals surface area contributed by atoms with Gasteiger partial charge in [0.1, 0.15) is 34.2 Å². The van der Waals surface area contributed by atoms with Crippen molar-refractivity contribution in [1.82, 2.24) is 0 Å². The normalized spacial score (nSPS) is 11.9. The van der Waals surface area contributed by atoms with Crippen molar-refractivity contribution in [3.8, 4) is 23.0 Å². The van der Waals surface area contributed by atoms with Crippen LogP contribution in [0.25, 0.3) is 21.5 Å². The van der Waals surface area contributed by atoms with Crippen LogP contribution in [0.1, 0.15) is 40.9 Å². The van der Waals surface area contributed by atoms with Crippen molar-refractivity contribution in [2.45, 2.75) is 36.5 Å². The monoisotopic (exact) mass is 1120 g/mol. The summed E-state index contributed by atoms with van der Waals surface area (Å²) in [5, 5.41) is 58.9. The van der Waals surface area contributed by atoms with Crippen LogP contribution < -0.4 is 25.0 Å². The number of aromatic hydroxyl groups is 1. The number of para-hydroxylation sites is 4. The first-order chi connectivity index (χ1) is 35.3. The van der Waals surface area contributed by atoms with Gasteiger partial charge in [-0.2, -0.15) is 21.9 Å². The van der Waals surface area contributed by atoms with Crippen molar-refractivity contribution >= 4 is 149 Å². The number of hydrogen-bond donors (Lipinski definition) is 4. The number of benzene rings is 8. The van der Waals surface area contributed by atoms with Crippen molar-refractivity contribution in [2.75, 3.05) is 19.5 Å². The Kier molecular flexibility index (Phi) is 19.0. The van der Waals surface area contributed by atoms with Crippen molar-refractivity contribution in [3.05, 3.63) is 166 Å². The van der Waals surface area contributed by atoms with Gasteiger partial charge in [0, 0.05) is 10.8 Å². The Morgan fingerprint density at radius 3 is 1.59 bits per heavy atom. The molecular formula is C52H42CaCl2N6O12S2. The summed E-state index contributed by atoms with van der Waals surface area (Å²) >= 11 is 12.7. The van der Waals surface area contributed by atoms with Gasteiger partial charge in [0.05, 0.1) is 51.0 Å². The number of methoxy groups -OCH3 is 2. The van der Waals surface area contributed by atoms with Gasteiger partial charge in [-0.3, -0.25) is 18.9 Å². The predicted octanol–water partition coefficient (Wildman–Crippen LogP) is 11.5. The molecule has 18 nitrogen and oxygen atoms in total. The van der Waals surface area contributed by atoms with Crippen molar-refractivity contribution in [1.29, 1.82) is 0 Å². The number of halogens is 2. The summed E-state index contributed by atoms with van der Waals surface area (Å²) < 4.78 is 76.2. The Hall–Kier alpha value is -6.72. The number of carbonyl (C=O) groups excluding carboxylic acids is 1. The van der Waals surface area contributed by atoms with Crippen LogP contribution in [0.4, 0.5) is 34.1 Å². The molecule has 75 heavy (non-hydrogen) atoms. The van der Waals surface area contributed by atoms with Gasteiger partial charge in [-0.1, -0.05) is 116 Å². The number of hydrogen-bond acceptors (Lipinski definition) is 15. The van der Waals surface area contributed by atoms with Crippen molar-refractivity contribution in [3.63, 3.8) is 0 Å². The Bertz CT molecular complexity index is 3830. The van der Waals surface area contributed by atoms with E-state index in [0.717, 1.165) is 6.07 Å². The average molecular weight is 1120 g/mol. The van der Waals surface area contributed by atoms with Crippen LogP contribution in [0.2, 0.25) is 10.0 Å². The summed E-state index contributed by atoms with van der Waals surface area (Å²) in [7, 11) is -6.05. The van der Waals surface area contributed by atoms with Crippen LogP contribution in [-0.4, -0.2) is 94.8 Å². The van der Waals surface area contributed by atoms with Crippen LogP contribution in [0.3, 0.4) is 0 Å². The molecule has 0 atom stereocenters. The molecule has 0 aromatic heterocycles. The third-order valence-electron chi connectivity index (χ3n) is 11.2. The topological polar surface area (TPSA) is 284 Å². The number of phenols is 1. The maximum atomic E-state index is 13.4. The first-order valence-electron chi connectivity index (χ1n) is 22.0. The van der Waals surface area contributed by atoms with Crippen LogP contribution in [-0.2, 0) is 33.1 Å². The van der Waals surface area contributed by atoms with Crippen LogP contribution in [0.15, 0.2) is 169 Å². The second-order valence-electron chi connectivity index (χ2n) is 15.7. The van der Waals surface area contributed by atoms with E-state index in [1.54, 1.807) is 111 Å². The minimum absolute atomic E-state index is 0. The fraction of sp³-hybridized carbons (Fsp3) is 0.115. The molecule has 0 unspecified atom stereocenters. The minimum Gasteiger partial charge on any atom is -0.871 e. The SMILES string of the molecule is CCc1c(S(=O)(=O)O)ccc(N=Nc2c(O)c(C(=O)Nc3ccccc3OC)cc3ccccc23)c1Cl.CCc1c(S(=O)(=O)O)ccc(N=Nc2c([O-])c(C([O-])=Nc3ccccc3OC)cc3ccccc23)c1Cl.[Ca+2]. The first kappa shape index (κ1) is 57.6. The number of rotatable bonds is 14. The molecule has 8 aromatic carbocycles. The van der Waals surface area contributed by atoms with Crippen LogP contribution >= 0.6 is 23.2 Å². The minimum atomic E-state index is -4.50. The molecule has 0 saturated carbocycles. The molecule has 0 aliphatic rings. The summed E-state index contributed by atoms with van der Waals surface area (Å²) in [6.07, 6.45) is 0.408. The molecule has 4 N–H and O–H groups in total. The molecule has 0 bridgehead atoms. The van der Waals surface area contributed by atoms with Crippen LogP contribution in [0.5, 0.6) is 23.0 Å². The number of phenolic OH excluding ortho intramolecular Hbond substituents is 1. The number of carbonyl (C=O) groups is 1. The molecule has 0 saturated heterocycles. The standard InChI is InChI=1S/2C26H22ClN3O6S.Ca/c2*1-3-16-22(37(33,34)35)13-12-20(23(16)27)29-30-24-17-9-5-4-8-15(17)14-18(25(24)31)26(32)28-19-10-6-7-11-21(19)36-2;/h2*4-14,31H,3H2,1-2H3,(H,28,32)(H,33,34,35);/q;;+2/p-2. The molecule has 380 valence electrons. The zero-order chi connectivity index (χ0) is 53.5. The number of nitrogens with zero attached hydrogens (tertiary/aromatic N) is 5. The zero-order valence-corrected chi connectivity index (χ0v) is 45.5. The summed E-state index contributed by atoms with van der Waals surface area (Å²) in [5.74, 6) is -1.64. The summed E-state index contributed by atoms with van der Waals surface area (Å²) in [6.45, 7) is 3.35. The van der Waals surface area contributed by atoms with E-state index >= 15 is 0 Å². The van der Waals surface area contributed by atoms with E-state index in [4.69, 9.17) is 32.7 Å². The fourth-order valence-electron chi connectivity index (χ4n) is 7.68. The zero-order valence-electron chi connectivity index (χ0n) is 40.1. The van der Waals surface area contributed by atoms with Gasteiger partial charge >= 0.3 is 37.7 Å². The molecule has 0 spiro atoms. The smallest absolute Gasteiger partial charge is 0.871 e. The Balaban J connectivity index is 0.000000241. The first-order valence-corrected chi connectivity index (χ1v) is 25.7. The Morgan fingerprint density at radius 1 is 0.613 bits per heavy atom. The van der Waals surface area contributed by atoms with E-state index < -0.39 is 43.5 Å². The molecule has 0 aliphatic heterocycles. The van der Waals surface area contributed by atoms with Gasteiger partial charge in [0.15, 0.2) is 5.75 Å². The average Bonchev–Trinajstić information content (AvgIpc) is 3.38. The van der Waals surface area contributed by atoms with Crippen molar-refractivity contribution < 1.29 is 55.5 Å². The Morgan fingerprint density at radius 2 is 1.07 bits per heavy atom. The molecule has 0 radical (unpaired) electrons. The van der Waals surface area contributed by atoms with E-state index in [9.17, 15) is 46.1 Å². The fourth-order valence-corrected chi connectivity index (χ4v) is 10.1. The van der Waals surface area contributed by atoms with Crippen molar-refractivity contribution in [2.24, 2.45) is 25.4 Å². The maximum absolute atomic E-state index is 13.4. The molecular weight excluding hydrogens is 1080 g/mol. The second-order valence-corrected chi connectivity index (χ2v) is 19.3. The molecule has 0 fully saturated rings. The molecule has 0 heterocycles. The van der Waals surface area contributed by atoms with Gasteiger partial charge in [-0.15, -0.1) is 15.3 Å². The molecule has 0 aliphatic carbocycles. The largest absolute Gasteiger partial charge is 2.00 e. The summed E-state index contributed by atoms with van der Waals surface area (Å²) in [4.78, 5) is 16.5. The maximum Gasteiger partial charge on any atom is 2.00 e. The third-order valence-corrected chi connectivity index (χ3v) is 14.0. The second kappa shape index (κ2) is 24.7. The van der Waals surface area contributed by atoms with E-state index in [-0.39, 0.29) is 121 Å². The Labute approximate surface area is 470 Å².